The molecule has 4 fully saturated rings. The Morgan fingerprint density at radius 1 is 1.33 bits per heavy atom. The highest BCUT2D eigenvalue weighted by Crippen LogP contribution is 2.69. The number of aliphatic hydroxyl groups is 2. The summed E-state index contributed by atoms with van der Waals surface area (Å²) in [6.07, 6.45) is 4.87. The smallest absolute Gasteiger partial charge is 0.316 e. The first-order chi connectivity index (χ1) is 11.3. The molecule has 4 rings (SSSR count). The van der Waals surface area contributed by atoms with Crippen molar-refractivity contribution in [1.29, 1.82) is 0 Å². The Kier molecular flexibility index (Phi) is 3.51. The third-order valence-corrected chi connectivity index (χ3v) is 8.01. The summed E-state index contributed by atoms with van der Waals surface area (Å²) in [5.41, 5.74) is -0.115. The number of hydrogen-bond acceptors (Lipinski definition) is 4. The minimum absolute atomic E-state index is 0.0194. The van der Waals surface area contributed by atoms with E-state index in [9.17, 15) is 15.0 Å². The van der Waals surface area contributed by atoms with Crippen LogP contribution in [0.2, 0.25) is 0 Å². The maximum atomic E-state index is 12.9. The lowest BCUT2D eigenvalue weighted by Gasteiger charge is -2.62. The molecule has 24 heavy (non-hydrogen) atoms. The van der Waals surface area contributed by atoms with Gasteiger partial charge in [0.2, 0.25) is 0 Å². The predicted molar refractivity (Wildman–Crippen MR) is 90.0 cm³/mol. The van der Waals surface area contributed by atoms with Crippen molar-refractivity contribution in [2.24, 2.45) is 34.0 Å². The fraction of sp³-hybridized carbons (Fsp3) is 0.850. The number of hydrogen-bond donors (Lipinski definition) is 2. The van der Waals surface area contributed by atoms with Gasteiger partial charge in [-0.05, 0) is 49.4 Å². The average Bonchev–Trinajstić information content (AvgIpc) is 2.75. The molecule has 4 nitrogen and oxygen atoms in total. The zero-order chi connectivity index (χ0) is 17.3. The van der Waals surface area contributed by atoms with E-state index in [1.54, 1.807) is 0 Å². The van der Waals surface area contributed by atoms with Crippen molar-refractivity contribution in [2.45, 2.75) is 58.5 Å². The van der Waals surface area contributed by atoms with Crippen LogP contribution in [0.15, 0.2) is 12.2 Å². The molecule has 1 aliphatic heterocycles. The third kappa shape index (κ3) is 1.84. The minimum Gasteiger partial charge on any atom is -0.464 e. The van der Waals surface area contributed by atoms with Crippen molar-refractivity contribution in [2.75, 3.05) is 13.2 Å². The molecular formula is C20H30O4. The molecule has 1 saturated heterocycles. The van der Waals surface area contributed by atoms with E-state index in [1.807, 2.05) is 0 Å². The molecule has 6 atom stereocenters. The van der Waals surface area contributed by atoms with Crippen molar-refractivity contribution in [3.8, 4) is 0 Å². The molecule has 2 spiro atoms. The molecule has 3 aliphatic carbocycles. The van der Waals surface area contributed by atoms with Gasteiger partial charge in [0.05, 0.1) is 18.1 Å². The molecule has 1 heterocycles. The molecule has 134 valence electrons. The lowest BCUT2D eigenvalue weighted by molar-refractivity contribution is -0.230. The van der Waals surface area contributed by atoms with E-state index in [0.29, 0.717) is 12.5 Å². The molecule has 2 bridgehead atoms. The normalized spacial score (nSPS) is 49.8. The topological polar surface area (TPSA) is 66.8 Å². The molecule has 0 aromatic rings. The van der Waals surface area contributed by atoms with Gasteiger partial charge in [0.15, 0.2) is 0 Å². The van der Waals surface area contributed by atoms with Crippen molar-refractivity contribution >= 4 is 5.97 Å². The van der Waals surface area contributed by atoms with Gasteiger partial charge in [-0.25, -0.2) is 0 Å². The van der Waals surface area contributed by atoms with Gasteiger partial charge >= 0.3 is 5.97 Å². The van der Waals surface area contributed by atoms with Gasteiger partial charge in [0.1, 0.15) is 0 Å². The molecule has 4 heteroatoms. The SMILES string of the molecule is C=C1C[C@@H]2C[C@@H](O)[C@@H]3[C@@]1(C2)C(=O)OC[C@]31CCCC(C)(C)[C@H]1CO. The number of esters is 1. The van der Waals surface area contributed by atoms with Crippen LogP contribution in [0.4, 0.5) is 0 Å². The van der Waals surface area contributed by atoms with Crippen LogP contribution in [0.1, 0.15) is 52.4 Å². The van der Waals surface area contributed by atoms with Crippen LogP contribution in [0, 0.1) is 34.0 Å². The summed E-state index contributed by atoms with van der Waals surface area (Å²) in [5, 5.41) is 21.4. The maximum absolute atomic E-state index is 12.9. The average molecular weight is 334 g/mol. The van der Waals surface area contributed by atoms with E-state index in [-0.39, 0.29) is 35.2 Å². The zero-order valence-corrected chi connectivity index (χ0v) is 14.9. The Morgan fingerprint density at radius 2 is 2.08 bits per heavy atom. The van der Waals surface area contributed by atoms with Crippen molar-refractivity contribution in [3.05, 3.63) is 12.2 Å². The fourth-order valence-electron chi connectivity index (χ4n) is 7.14. The van der Waals surface area contributed by atoms with Crippen molar-refractivity contribution < 1.29 is 19.7 Å². The molecule has 2 N–H and O–H groups in total. The van der Waals surface area contributed by atoms with Gasteiger partial charge in [0.25, 0.3) is 0 Å². The van der Waals surface area contributed by atoms with E-state index in [1.165, 1.54) is 0 Å². The lowest BCUT2D eigenvalue weighted by Crippen LogP contribution is -2.65. The van der Waals surface area contributed by atoms with Crippen LogP contribution in [0.3, 0.4) is 0 Å². The van der Waals surface area contributed by atoms with Crippen LogP contribution in [-0.2, 0) is 9.53 Å². The van der Waals surface area contributed by atoms with E-state index in [4.69, 9.17) is 4.74 Å². The van der Waals surface area contributed by atoms with Crippen LogP contribution < -0.4 is 0 Å². The summed E-state index contributed by atoms with van der Waals surface area (Å²) < 4.78 is 5.78. The monoisotopic (exact) mass is 334 g/mol. The summed E-state index contributed by atoms with van der Waals surface area (Å²) in [4.78, 5) is 12.9. The second-order valence-corrected chi connectivity index (χ2v) is 9.52. The molecule has 3 saturated carbocycles. The first kappa shape index (κ1) is 16.6. The number of rotatable bonds is 1. The molecule has 0 aromatic heterocycles. The Labute approximate surface area is 144 Å². The number of carbonyl (C=O) groups excluding carboxylic acids is 1. The van der Waals surface area contributed by atoms with E-state index in [2.05, 4.69) is 20.4 Å². The number of fused-ring (bicyclic) bond motifs is 2. The Hall–Kier alpha value is -0.870. The Bertz CT molecular complexity index is 572. The Morgan fingerprint density at radius 3 is 2.79 bits per heavy atom. The first-order valence-electron chi connectivity index (χ1n) is 9.42. The number of ether oxygens (including phenoxy) is 1. The summed E-state index contributed by atoms with van der Waals surface area (Å²) in [6, 6.07) is 0. The second kappa shape index (κ2) is 5.07. The number of cyclic esters (lactones) is 1. The largest absolute Gasteiger partial charge is 0.464 e. The Balaban J connectivity index is 1.87. The van der Waals surface area contributed by atoms with Crippen LogP contribution in [0.5, 0.6) is 0 Å². The van der Waals surface area contributed by atoms with E-state index in [0.717, 1.165) is 44.1 Å². The zero-order valence-electron chi connectivity index (χ0n) is 14.9. The predicted octanol–water partition coefficient (Wildman–Crippen LogP) is 2.68. The highest BCUT2D eigenvalue weighted by Gasteiger charge is 2.71. The van der Waals surface area contributed by atoms with Gasteiger partial charge in [-0.2, -0.15) is 0 Å². The quantitative estimate of drug-likeness (QED) is 0.571. The van der Waals surface area contributed by atoms with Gasteiger partial charge < -0.3 is 14.9 Å². The highest BCUT2D eigenvalue weighted by molar-refractivity contribution is 5.83. The summed E-state index contributed by atoms with van der Waals surface area (Å²) in [7, 11) is 0. The fourth-order valence-corrected chi connectivity index (χ4v) is 7.14. The number of aliphatic hydroxyl groups excluding tert-OH is 2. The van der Waals surface area contributed by atoms with Crippen LogP contribution >= 0.6 is 0 Å². The summed E-state index contributed by atoms with van der Waals surface area (Å²) in [5.74, 6) is 0.0441. The summed E-state index contributed by atoms with van der Waals surface area (Å²) >= 11 is 0. The van der Waals surface area contributed by atoms with Gasteiger partial charge in [-0.1, -0.05) is 32.4 Å². The minimum atomic E-state index is -0.721. The molecule has 0 amide bonds. The van der Waals surface area contributed by atoms with Crippen molar-refractivity contribution in [3.63, 3.8) is 0 Å². The van der Waals surface area contributed by atoms with E-state index < -0.39 is 11.5 Å². The lowest BCUT2D eigenvalue weighted by atomic mass is 9.44. The third-order valence-electron chi connectivity index (χ3n) is 8.01. The molecule has 0 unspecified atom stereocenters. The summed E-state index contributed by atoms with van der Waals surface area (Å²) in [6.45, 7) is 9.08. The first-order valence-corrected chi connectivity index (χ1v) is 9.42. The van der Waals surface area contributed by atoms with Gasteiger partial charge in [-0.15, -0.1) is 0 Å². The van der Waals surface area contributed by atoms with Crippen LogP contribution in [-0.4, -0.2) is 35.5 Å². The molecule has 4 aliphatic rings. The molecule has 0 aromatic carbocycles. The standard InChI is InChI=1S/C20H30O4/c1-12-7-13-8-14(22)16-19(11-24-17(23)20(12,16)9-13)6-4-5-18(2,3)15(19)10-21/h13-16,21-22H,1,4-11H2,2-3H3/t13-,14-,15-,16+,19+,20+/m1/s1. The van der Waals surface area contributed by atoms with E-state index >= 15 is 0 Å². The van der Waals surface area contributed by atoms with Crippen LogP contribution in [0.25, 0.3) is 0 Å². The maximum Gasteiger partial charge on any atom is 0.316 e. The van der Waals surface area contributed by atoms with Gasteiger partial charge in [0, 0.05) is 17.9 Å². The molecule has 0 radical (unpaired) electrons. The second-order valence-electron chi connectivity index (χ2n) is 9.52. The molecular weight excluding hydrogens is 304 g/mol. The van der Waals surface area contributed by atoms with Gasteiger partial charge in [-0.3, -0.25) is 4.79 Å². The highest BCUT2D eigenvalue weighted by atomic mass is 16.5. The van der Waals surface area contributed by atoms with Crippen molar-refractivity contribution in [1.82, 2.24) is 0 Å². The number of carbonyl (C=O) groups is 1.